The number of hydrogen-bond donors (Lipinski definition) is 1. The molecule has 1 rings (SSSR count). The number of amides is 1. The van der Waals surface area contributed by atoms with Gasteiger partial charge >= 0.3 is 0 Å². The van der Waals surface area contributed by atoms with E-state index >= 15 is 0 Å². The number of alkyl halides is 1. The van der Waals surface area contributed by atoms with Gasteiger partial charge in [0.15, 0.2) is 0 Å². The summed E-state index contributed by atoms with van der Waals surface area (Å²) in [6.45, 7) is 4.72. The van der Waals surface area contributed by atoms with Gasteiger partial charge < -0.3 is 5.32 Å². The van der Waals surface area contributed by atoms with Gasteiger partial charge in [-0.05, 0) is 25.2 Å². The van der Waals surface area contributed by atoms with Gasteiger partial charge in [0.2, 0.25) is 5.91 Å². The monoisotopic (exact) mass is 203 g/mol. The third kappa shape index (κ3) is 3.18. The third-order valence-electron chi connectivity index (χ3n) is 2.86. The fourth-order valence-electron chi connectivity index (χ4n) is 1.85. The van der Waals surface area contributed by atoms with Crippen LogP contribution in [0.2, 0.25) is 0 Å². The molecule has 3 heteroatoms. The van der Waals surface area contributed by atoms with Crippen molar-refractivity contribution in [3.63, 3.8) is 0 Å². The smallest absolute Gasteiger partial charge is 0.237 e. The summed E-state index contributed by atoms with van der Waals surface area (Å²) in [6, 6.07) is 0. The molecule has 13 heavy (non-hydrogen) atoms. The standard InChI is InChI=1S/C10H18ClNO/c1-8(11)9(13)12-7-10(2)5-3-4-6-10/h8H,3-7H2,1-2H3,(H,12,13). The Labute approximate surface area is 85.0 Å². The van der Waals surface area contributed by atoms with Crippen LogP contribution >= 0.6 is 11.6 Å². The quantitative estimate of drug-likeness (QED) is 0.701. The van der Waals surface area contributed by atoms with E-state index < -0.39 is 5.38 Å². The molecule has 0 spiro atoms. The maximum atomic E-state index is 11.2. The van der Waals surface area contributed by atoms with Crippen LogP contribution in [0.15, 0.2) is 0 Å². The molecule has 0 aliphatic heterocycles. The van der Waals surface area contributed by atoms with E-state index in [0.29, 0.717) is 5.41 Å². The van der Waals surface area contributed by atoms with Gasteiger partial charge in [-0.1, -0.05) is 19.8 Å². The Morgan fingerprint density at radius 3 is 2.54 bits per heavy atom. The van der Waals surface area contributed by atoms with Gasteiger partial charge in [-0.25, -0.2) is 0 Å². The maximum Gasteiger partial charge on any atom is 0.237 e. The van der Waals surface area contributed by atoms with Crippen molar-refractivity contribution >= 4 is 17.5 Å². The normalized spacial score (nSPS) is 22.7. The number of nitrogens with one attached hydrogen (secondary N) is 1. The second-order valence-electron chi connectivity index (χ2n) is 4.35. The Kier molecular flexibility index (Phi) is 3.60. The van der Waals surface area contributed by atoms with Gasteiger partial charge in [-0.2, -0.15) is 0 Å². The Morgan fingerprint density at radius 1 is 1.54 bits per heavy atom. The summed E-state index contributed by atoms with van der Waals surface area (Å²) < 4.78 is 0. The lowest BCUT2D eigenvalue weighted by Gasteiger charge is -2.23. The minimum Gasteiger partial charge on any atom is -0.354 e. The van der Waals surface area contributed by atoms with Crippen molar-refractivity contribution in [2.45, 2.75) is 44.9 Å². The molecule has 2 nitrogen and oxygen atoms in total. The summed E-state index contributed by atoms with van der Waals surface area (Å²) in [6.07, 6.45) is 5.04. The molecule has 0 bridgehead atoms. The lowest BCUT2D eigenvalue weighted by Crippen LogP contribution is -2.37. The molecule has 1 saturated carbocycles. The van der Waals surface area contributed by atoms with E-state index in [1.54, 1.807) is 6.92 Å². The first-order valence-corrected chi connectivity index (χ1v) is 5.39. The molecule has 1 fully saturated rings. The highest BCUT2D eigenvalue weighted by Crippen LogP contribution is 2.36. The van der Waals surface area contributed by atoms with Crippen LogP contribution in [-0.2, 0) is 4.79 Å². The first-order chi connectivity index (χ1) is 6.03. The number of hydrogen-bond acceptors (Lipinski definition) is 1. The number of halogens is 1. The zero-order chi connectivity index (χ0) is 9.90. The summed E-state index contributed by atoms with van der Waals surface area (Å²) in [5.74, 6) is -0.0465. The topological polar surface area (TPSA) is 29.1 Å². The summed E-state index contributed by atoms with van der Waals surface area (Å²) >= 11 is 5.65. The van der Waals surface area contributed by atoms with E-state index in [4.69, 9.17) is 11.6 Å². The molecule has 1 unspecified atom stereocenters. The Bertz CT molecular complexity index is 185. The molecule has 1 N–H and O–H groups in total. The molecule has 1 atom stereocenters. The number of rotatable bonds is 3. The molecule has 0 saturated heterocycles. The molecule has 76 valence electrons. The average molecular weight is 204 g/mol. The minimum atomic E-state index is -0.412. The number of carbonyl (C=O) groups excluding carboxylic acids is 1. The largest absolute Gasteiger partial charge is 0.354 e. The number of carbonyl (C=O) groups is 1. The van der Waals surface area contributed by atoms with Gasteiger partial charge in [0, 0.05) is 6.54 Å². The van der Waals surface area contributed by atoms with Crippen LogP contribution in [-0.4, -0.2) is 17.8 Å². The van der Waals surface area contributed by atoms with Crippen LogP contribution in [0.3, 0.4) is 0 Å². The molecule has 1 amide bonds. The highest BCUT2D eigenvalue weighted by molar-refractivity contribution is 6.30. The highest BCUT2D eigenvalue weighted by atomic mass is 35.5. The zero-order valence-electron chi connectivity index (χ0n) is 8.40. The molecule has 0 heterocycles. The fraction of sp³-hybridized carbons (Fsp3) is 0.900. The zero-order valence-corrected chi connectivity index (χ0v) is 9.16. The van der Waals surface area contributed by atoms with E-state index in [1.807, 2.05) is 0 Å². The van der Waals surface area contributed by atoms with Gasteiger partial charge in [0.25, 0.3) is 0 Å². The first-order valence-electron chi connectivity index (χ1n) is 4.95. The van der Waals surface area contributed by atoms with Gasteiger partial charge in [0.05, 0.1) is 0 Å². The van der Waals surface area contributed by atoms with E-state index in [0.717, 1.165) is 6.54 Å². The van der Waals surface area contributed by atoms with Crippen molar-refractivity contribution < 1.29 is 4.79 Å². The van der Waals surface area contributed by atoms with Gasteiger partial charge in [-0.15, -0.1) is 11.6 Å². The van der Waals surface area contributed by atoms with Crippen LogP contribution in [0, 0.1) is 5.41 Å². The Morgan fingerprint density at radius 2 is 2.08 bits per heavy atom. The molecule has 0 aromatic rings. The molecule has 1 aliphatic rings. The lowest BCUT2D eigenvalue weighted by atomic mass is 9.89. The second kappa shape index (κ2) is 4.32. The second-order valence-corrected chi connectivity index (χ2v) is 5.01. The van der Waals surface area contributed by atoms with Crippen molar-refractivity contribution in [1.29, 1.82) is 0 Å². The molecule has 0 aromatic heterocycles. The van der Waals surface area contributed by atoms with Crippen LogP contribution in [0.1, 0.15) is 39.5 Å². The summed E-state index contributed by atoms with van der Waals surface area (Å²) in [5, 5.41) is 2.48. The third-order valence-corrected chi connectivity index (χ3v) is 3.06. The Balaban J connectivity index is 2.29. The van der Waals surface area contributed by atoms with Crippen LogP contribution < -0.4 is 5.32 Å². The molecule has 1 aliphatic carbocycles. The summed E-state index contributed by atoms with van der Waals surface area (Å²) in [4.78, 5) is 11.2. The van der Waals surface area contributed by atoms with Crippen LogP contribution in [0.5, 0.6) is 0 Å². The lowest BCUT2D eigenvalue weighted by molar-refractivity contribution is -0.120. The molecular formula is C10H18ClNO. The predicted octanol–water partition coefficient (Wildman–Crippen LogP) is 2.31. The van der Waals surface area contributed by atoms with E-state index in [1.165, 1.54) is 25.7 Å². The highest BCUT2D eigenvalue weighted by Gasteiger charge is 2.29. The molecular weight excluding hydrogens is 186 g/mol. The molecule has 0 radical (unpaired) electrons. The maximum absolute atomic E-state index is 11.2. The predicted molar refractivity (Wildman–Crippen MR) is 54.9 cm³/mol. The average Bonchev–Trinajstić information content (AvgIpc) is 2.48. The van der Waals surface area contributed by atoms with Gasteiger partial charge in [-0.3, -0.25) is 4.79 Å². The molecule has 0 aromatic carbocycles. The van der Waals surface area contributed by atoms with Crippen molar-refractivity contribution in [1.82, 2.24) is 5.32 Å². The summed E-state index contributed by atoms with van der Waals surface area (Å²) in [7, 11) is 0. The van der Waals surface area contributed by atoms with Crippen molar-refractivity contribution in [2.24, 2.45) is 5.41 Å². The van der Waals surface area contributed by atoms with Crippen molar-refractivity contribution in [2.75, 3.05) is 6.54 Å². The minimum absolute atomic E-state index is 0.0465. The van der Waals surface area contributed by atoms with Gasteiger partial charge in [0.1, 0.15) is 5.38 Å². The van der Waals surface area contributed by atoms with E-state index in [2.05, 4.69) is 12.2 Å². The van der Waals surface area contributed by atoms with E-state index in [9.17, 15) is 4.79 Å². The first kappa shape index (κ1) is 10.8. The van der Waals surface area contributed by atoms with Crippen molar-refractivity contribution in [3.05, 3.63) is 0 Å². The van der Waals surface area contributed by atoms with Crippen molar-refractivity contribution in [3.8, 4) is 0 Å². The SMILES string of the molecule is CC(Cl)C(=O)NCC1(C)CCCC1. The fourth-order valence-corrected chi connectivity index (χ4v) is 1.92. The Hall–Kier alpha value is -0.240. The van der Waals surface area contributed by atoms with Crippen LogP contribution in [0.4, 0.5) is 0 Å². The van der Waals surface area contributed by atoms with E-state index in [-0.39, 0.29) is 5.91 Å². The summed E-state index contributed by atoms with van der Waals surface area (Å²) in [5.41, 5.74) is 0.321. The van der Waals surface area contributed by atoms with Crippen LogP contribution in [0.25, 0.3) is 0 Å².